The largest absolute Gasteiger partial charge is 0.506 e. The van der Waals surface area contributed by atoms with Crippen LogP contribution in [0.25, 0.3) is 10.9 Å². The number of nitrogens with one attached hydrogen (secondary N) is 2. The molecule has 0 bridgehead atoms. The average molecular weight is 659 g/mol. The number of ether oxygens (including phenoxy) is 1. The van der Waals surface area contributed by atoms with Gasteiger partial charge in [-0.2, -0.15) is 0 Å². The van der Waals surface area contributed by atoms with Gasteiger partial charge in [0.25, 0.3) is 5.91 Å². The predicted molar refractivity (Wildman–Crippen MR) is 186 cm³/mol. The van der Waals surface area contributed by atoms with Crippen molar-refractivity contribution in [2.24, 2.45) is 0 Å². The van der Waals surface area contributed by atoms with Gasteiger partial charge in [0.2, 0.25) is 5.56 Å². The highest BCUT2D eigenvalue weighted by molar-refractivity contribution is 7.10. The maximum atomic E-state index is 13.3. The fourth-order valence-electron chi connectivity index (χ4n) is 6.90. The van der Waals surface area contributed by atoms with Crippen LogP contribution in [-0.2, 0) is 17.7 Å². The first-order valence-electron chi connectivity index (χ1n) is 16.7. The van der Waals surface area contributed by atoms with E-state index in [1.807, 2.05) is 10.3 Å². The van der Waals surface area contributed by atoms with Gasteiger partial charge in [-0.15, -0.1) is 11.3 Å². The number of rotatable bonds is 10. The summed E-state index contributed by atoms with van der Waals surface area (Å²) in [5.74, 6) is 0.533. The number of amides is 1. The van der Waals surface area contributed by atoms with Gasteiger partial charge in [-0.25, -0.2) is 0 Å². The first-order valence-corrected chi connectivity index (χ1v) is 17.6. The number of phenolic OH excluding ortho intramolecular Hbond substituents is 1. The van der Waals surface area contributed by atoms with Crippen LogP contribution in [0.3, 0.4) is 0 Å². The van der Waals surface area contributed by atoms with Crippen molar-refractivity contribution >= 4 is 28.1 Å². The van der Waals surface area contributed by atoms with Gasteiger partial charge in [0.15, 0.2) is 0 Å². The molecule has 2 aliphatic heterocycles. The van der Waals surface area contributed by atoms with Crippen molar-refractivity contribution in [3.8, 4) is 5.75 Å². The van der Waals surface area contributed by atoms with Crippen molar-refractivity contribution < 1.29 is 19.7 Å². The summed E-state index contributed by atoms with van der Waals surface area (Å²) < 4.78 is 6.36. The molecule has 0 aliphatic carbocycles. The molecule has 1 spiro atoms. The van der Waals surface area contributed by atoms with Crippen molar-refractivity contribution in [1.29, 1.82) is 0 Å². The lowest BCUT2D eigenvalue weighted by atomic mass is 9.89. The molecule has 47 heavy (non-hydrogen) atoms. The summed E-state index contributed by atoms with van der Waals surface area (Å²) in [4.78, 5) is 33.4. The molecule has 2 aromatic heterocycles. The molecule has 10 heteroatoms. The van der Waals surface area contributed by atoms with Gasteiger partial charge in [-0.3, -0.25) is 14.5 Å². The molecule has 4 heterocycles. The van der Waals surface area contributed by atoms with Crippen LogP contribution in [0.4, 0.5) is 0 Å². The maximum absolute atomic E-state index is 13.3. The molecule has 6 rings (SSSR count). The van der Waals surface area contributed by atoms with Crippen LogP contribution in [0.15, 0.2) is 64.8 Å². The number of thiophene rings is 1. The van der Waals surface area contributed by atoms with Gasteiger partial charge >= 0.3 is 0 Å². The summed E-state index contributed by atoms with van der Waals surface area (Å²) in [6.07, 6.45) is 1.83. The molecule has 2 aromatic carbocycles. The van der Waals surface area contributed by atoms with Gasteiger partial charge in [0.1, 0.15) is 5.75 Å². The number of fused-ring (bicyclic) bond motifs is 1. The summed E-state index contributed by atoms with van der Waals surface area (Å²) in [5, 5.41) is 27.2. The molecule has 2 fully saturated rings. The van der Waals surface area contributed by atoms with Gasteiger partial charge in [-0.1, -0.05) is 44.2 Å². The van der Waals surface area contributed by atoms with Gasteiger partial charge in [0, 0.05) is 60.5 Å². The predicted octanol–water partition coefficient (Wildman–Crippen LogP) is 5.18. The Labute approximate surface area is 280 Å². The van der Waals surface area contributed by atoms with Crippen LogP contribution in [0.5, 0.6) is 5.75 Å². The number of aromatic amines is 1. The summed E-state index contributed by atoms with van der Waals surface area (Å²) in [6.45, 7) is 11.4. The lowest BCUT2D eigenvalue weighted by molar-refractivity contribution is -0.127. The first kappa shape index (κ1) is 33.4. The number of aliphatic hydroxyl groups is 1. The van der Waals surface area contributed by atoms with E-state index >= 15 is 0 Å². The molecule has 4 aromatic rings. The number of aromatic nitrogens is 1. The fourth-order valence-corrected chi connectivity index (χ4v) is 7.80. The monoisotopic (exact) mass is 658 g/mol. The second-order valence-electron chi connectivity index (χ2n) is 13.6. The topological polar surface area (TPSA) is 118 Å². The smallest absolute Gasteiger partial charge is 0.254 e. The van der Waals surface area contributed by atoms with Crippen molar-refractivity contribution in [1.82, 2.24) is 20.1 Å². The van der Waals surface area contributed by atoms with Crippen LogP contribution in [0.1, 0.15) is 77.6 Å². The minimum atomic E-state index is -0.799. The van der Waals surface area contributed by atoms with E-state index in [0.29, 0.717) is 48.6 Å². The van der Waals surface area contributed by atoms with Crippen LogP contribution in [0.2, 0.25) is 0 Å². The van der Waals surface area contributed by atoms with Crippen LogP contribution in [-0.4, -0.2) is 81.9 Å². The normalized spacial score (nSPS) is 18.2. The number of carbonyl (C=O) groups excluding carboxylic acids is 1. The van der Waals surface area contributed by atoms with E-state index in [1.165, 1.54) is 28.1 Å². The second kappa shape index (κ2) is 14.3. The standard InChI is InChI=1S/C37H46N4O5S/c1-24(2)33-19-28(22-47-33)36(45)41-15-16-46-37(23-41)11-13-40(14-12-37)21-27-6-4-5-26(18-27)17-25(3)38-20-32(43)29-7-9-31(42)35-30(29)8-10-34(44)39-35/h4-10,18-19,22,24-25,32,38,42-43H,11-17,20-21,23H2,1-3H3,(H,39,44)/t25-,32?/m1/s1. The second-order valence-corrected chi connectivity index (χ2v) is 14.5. The Morgan fingerprint density at radius 2 is 1.85 bits per heavy atom. The molecule has 1 unspecified atom stereocenters. The molecule has 0 radical (unpaired) electrons. The number of phenols is 1. The van der Waals surface area contributed by atoms with Crippen LogP contribution < -0.4 is 10.9 Å². The minimum Gasteiger partial charge on any atom is -0.506 e. The fraction of sp³-hybridized carbons (Fsp3) is 0.459. The van der Waals surface area contributed by atoms with Crippen molar-refractivity contribution in [3.63, 3.8) is 0 Å². The first-order chi connectivity index (χ1) is 22.6. The highest BCUT2D eigenvalue weighted by Gasteiger charge is 2.41. The molecule has 9 nitrogen and oxygen atoms in total. The SMILES string of the molecule is CC(C)c1cc(C(=O)N2CCOC3(CCN(Cc4cccc(C[C@@H](C)NCC(O)c5ccc(O)c6[nH]c(=O)ccc56)c4)CC3)C2)cs1. The summed E-state index contributed by atoms with van der Waals surface area (Å²) in [7, 11) is 0. The third-order valence-corrected chi connectivity index (χ3v) is 10.8. The number of piperidine rings is 1. The highest BCUT2D eigenvalue weighted by Crippen LogP contribution is 2.33. The number of hydrogen-bond acceptors (Lipinski definition) is 8. The third kappa shape index (κ3) is 7.79. The molecule has 1 amide bonds. The van der Waals surface area contributed by atoms with Crippen LogP contribution in [0, 0.1) is 0 Å². The Morgan fingerprint density at radius 3 is 2.62 bits per heavy atom. The Kier molecular flexibility index (Phi) is 10.1. The lowest BCUT2D eigenvalue weighted by Gasteiger charge is -2.47. The van der Waals surface area contributed by atoms with E-state index in [2.05, 4.69) is 66.3 Å². The maximum Gasteiger partial charge on any atom is 0.254 e. The van der Waals surface area contributed by atoms with E-state index < -0.39 is 6.10 Å². The zero-order valence-electron chi connectivity index (χ0n) is 27.5. The van der Waals surface area contributed by atoms with Gasteiger partial charge < -0.3 is 30.2 Å². The number of aromatic hydroxyl groups is 1. The average Bonchev–Trinajstić information content (AvgIpc) is 3.56. The molecule has 2 saturated heterocycles. The molecule has 4 N–H and O–H groups in total. The number of H-pyrrole nitrogens is 1. The van der Waals surface area contributed by atoms with E-state index in [0.717, 1.165) is 44.5 Å². The molecule has 0 saturated carbocycles. The van der Waals surface area contributed by atoms with Crippen LogP contribution >= 0.6 is 11.3 Å². The number of hydrogen-bond donors (Lipinski definition) is 4. The Hall–Kier alpha value is -3.54. The van der Waals surface area contributed by atoms with E-state index in [-0.39, 0.29) is 28.9 Å². The zero-order chi connectivity index (χ0) is 33.1. The zero-order valence-corrected chi connectivity index (χ0v) is 28.3. The molecule has 2 atom stereocenters. The highest BCUT2D eigenvalue weighted by atomic mass is 32.1. The molecular weight excluding hydrogens is 612 g/mol. The van der Waals surface area contributed by atoms with Gasteiger partial charge in [-0.05, 0) is 67.0 Å². The number of carbonyl (C=O) groups is 1. The minimum absolute atomic E-state index is 0.0191. The van der Waals surface area contributed by atoms with E-state index in [4.69, 9.17) is 4.74 Å². The summed E-state index contributed by atoms with van der Waals surface area (Å²) in [6, 6.07) is 17.1. The number of likely N-dealkylation sites (tertiary alicyclic amines) is 1. The Morgan fingerprint density at radius 1 is 1.06 bits per heavy atom. The summed E-state index contributed by atoms with van der Waals surface area (Å²) >= 11 is 1.67. The Balaban J connectivity index is 0.991. The number of benzene rings is 2. The van der Waals surface area contributed by atoms with Crippen molar-refractivity contribution in [2.75, 3.05) is 39.3 Å². The molecular formula is C37H46N4O5S. The third-order valence-electron chi connectivity index (χ3n) is 9.60. The number of morpholine rings is 1. The van der Waals surface area contributed by atoms with Crippen molar-refractivity contribution in [3.05, 3.63) is 97.5 Å². The lowest BCUT2D eigenvalue weighted by Crippen LogP contribution is -2.57. The Bertz CT molecular complexity index is 1760. The molecule has 250 valence electrons. The number of pyridine rings is 1. The number of aliphatic hydroxyl groups excluding tert-OH is 1. The quantitative estimate of drug-likeness (QED) is 0.186. The van der Waals surface area contributed by atoms with E-state index in [1.54, 1.807) is 23.5 Å². The summed E-state index contributed by atoms with van der Waals surface area (Å²) in [5.41, 5.74) is 3.73. The molecule has 2 aliphatic rings. The van der Waals surface area contributed by atoms with Gasteiger partial charge in [0.05, 0.1) is 35.9 Å². The van der Waals surface area contributed by atoms with Crippen molar-refractivity contribution in [2.45, 2.75) is 70.2 Å². The number of nitrogens with zero attached hydrogens (tertiary/aromatic N) is 2. The van der Waals surface area contributed by atoms with E-state index in [9.17, 15) is 19.8 Å².